The molecule has 0 saturated heterocycles. The topological polar surface area (TPSA) is 100 Å². The number of ketones is 1. The number of nitrogens with zero attached hydrogens (tertiary/aromatic N) is 1. The van der Waals surface area contributed by atoms with Crippen LogP contribution >= 0.6 is 0 Å². The Hall–Kier alpha value is -3.74. The number of ether oxygens (including phenoxy) is 1. The van der Waals surface area contributed by atoms with E-state index in [2.05, 4.69) is 0 Å². The summed E-state index contributed by atoms with van der Waals surface area (Å²) >= 11 is 0. The van der Waals surface area contributed by atoms with E-state index >= 15 is 0 Å². The van der Waals surface area contributed by atoms with Gasteiger partial charge in [0.1, 0.15) is 5.75 Å². The van der Waals surface area contributed by atoms with E-state index < -0.39 is 23.5 Å². The van der Waals surface area contributed by atoms with Crippen LogP contribution in [0.4, 0.5) is 0 Å². The molecule has 0 saturated carbocycles. The number of aliphatic hydroxyl groups is 1. The third kappa shape index (κ3) is 3.08. The predicted molar refractivity (Wildman–Crippen MR) is 110 cm³/mol. The number of para-hydroxylation sites is 1. The molecule has 0 bridgehead atoms. The number of phenols is 1. The highest BCUT2D eigenvalue weighted by molar-refractivity contribution is 6.16. The molecule has 7 nitrogen and oxygen atoms in total. The van der Waals surface area contributed by atoms with Crippen LogP contribution in [0.5, 0.6) is 11.5 Å². The molecule has 2 N–H and O–H groups in total. The molecule has 0 radical (unpaired) electrons. The molecule has 1 aliphatic heterocycles. The van der Waals surface area contributed by atoms with Crippen molar-refractivity contribution in [1.29, 1.82) is 0 Å². The van der Waals surface area contributed by atoms with Crippen LogP contribution in [-0.2, 0) is 4.79 Å². The Bertz CT molecular complexity index is 1160. The Morgan fingerprint density at radius 1 is 1.17 bits per heavy atom. The summed E-state index contributed by atoms with van der Waals surface area (Å²) in [6.45, 7) is 2.27. The highest BCUT2D eigenvalue weighted by Gasteiger charge is 2.44. The number of fused-ring (bicyclic) bond motifs is 1. The van der Waals surface area contributed by atoms with Crippen LogP contribution < -0.4 is 4.74 Å². The standard InChI is InChI=1S/C23H21NO6/c1-3-11-24-19(13-7-9-15(25)10-8-13)18(21(27)23(24)28)20(26)17-12-14-5-4-6-16(29-2)22(14)30-17/h4-10,12,19,25,27H,3,11H2,1-2H3. The number of aliphatic hydroxyl groups excluding tert-OH is 1. The largest absolute Gasteiger partial charge is 0.508 e. The predicted octanol–water partition coefficient (Wildman–Crippen LogP) is 4.14. The van der Waals surface area contributed by atoms with Crippen LogP contribution in [0.1, 0.15) is 35.5 Å². The van der Waals surface area contributed by atoms with Crippen molar-refractivity contribution in [2.24, 2.45) is 0 Å². The Balaban J connectivity index is 1.82. The Labute approximate surface area is 172 Å². The summed E-state index contributed by atoms with van der Waals surface area (Å²) in [6, 6.07) is 12.3. The number of rotatable bonds is 6. The van der Waals surface area contributed by atoms with Crippen molar-refractivity contribution in [2.75, 3.05) is 13.7 Å². The van der Waals surface area contributed by atoms with Gasteiger partial charge in [-0.05, 0) is 36.2 Å². The van der Waals surface area contributed by atoms with Crippen LogP contribution in [0.3, 0.4) is 0 Å². The molecule has 30 heavy (non-hydrogen) atoms. The number of carbonyl (C=O) groups excluding carboxylic acids is 2. The van der Waals surface area contributed by atoms with E-state index in [9.17, 15) is 19.8 Å². The van der Waals surface area contributed by atoms with Gasteiger partial charge in [-0.15, -0.1) is 0 Å². The summed E-state index contributed by atoms with van der Waals surface area (Å²) in [4.78, 5) is 27.6. The van der Waals surface area contributed by atoms with Crippen molar-refractivity contribution in [3.63, 3.8) is 0 Å². The number of Topliss-reactive ketones (excluding diaryl/α,β-unsaturated/α-hetero) is 1. The smallest absolute Gasteiger partial charge is 0.290 e. The van der Waals surface area contributed by atoms with E-state index in [4.69, 9.17) is 9.15 Å². The average Bonchev–Trinajstić information content (AvgIpc) is 3.29. The monoisotopic (exact) mass is 407 g/mol. The molecule has 0 fully saturated rings. The first kappa shape index (κ1) is 19.6. The second-order valence-electron chi connectivity index (χ2n) is 7.07. The van der Waals surface area contributed by atoms with Crippen molar-refractivity contribution in [3.05, 3.63) is 71.2 Å². The van der Waals surface area contributed by atoms with Gasteiger partial charge in [0, 0.05) is 11.9 Å². The summed E-state index contributed by atoms with van der Waals surface area (Å²) in [5.41, 5.74) is 0.979. The zero-order chi connectivity index (χ0) is 21.4. The normalized spacial score (nSPS) is 16.5. The fourth-order valence-corrected chi connectivity index (χ4v) is 3.80. The molecule has 1 unspecified atom stereocenters. The first-order chi connectivity index (χ1) is 14.5. The Morgan fingerprint density at radius 3 is 2.57 bits per heavy atom. The number of benzene rings is 2. The third-order valence-electron chi connectivity index (χ3n) is 5.17. The van der Waals surface area contributed by atoms with Crippen molar-refractivity contribution in [1.82, 2.24) is 4.90 Å². The quantitative estimate of drug-likeness (QED) is 0.596. The molecule has 1 aromatic heterocycles. The van der Waals surface area contributed by atoms with Gasteiger partial charge < -0.3 is 24.3 Å². The van der Waals surface area contributed by atoms with Crippen molar-refractivity contribution in [2.45, 2.75) is 19.4 Å². The van der Waals surface area contributed by atoms with E-state index in [-0.39, 0.29) is 17.1 Å². The molecule has 3 aromatic rings. The molecule has 7 heteroatoms. The lowest BCUT2D eigenvalue weighted by molar-refractivity contribution is -0.129. The van der Waals surface area contributed by atoms with Gasteiger partial charge in [-0.25, -0.2) is 0 Å². The molecule has 2 aromatic carbocycles. The van der Waals surface area contributed by atoms with E-state index in [1.54, 1.807) is 36.4 Å². The van der Waals surface area contributed by atoms with Gasteiger partial charge >= 0.3 is 0 Å². The number of amides is 1. The number of methoxy groups -OCH3 is 1. The van der Waals surface area contributed by atoms with Gasteiger partial charge in [0.2, 0.25) is 5.78 Å². The van der Waals surface area contributed by atoms with Crippen molar-refractivity contribution in [3.8, 4) is 11.5 Å². The van der Waals surface area contributed by atoms with Crippen LogP contribution in [0.25, 0.3) is 11.0 Å². The van der Waals surface area contributed by atoms with E-state index in [0.29, 0.717) is 35.2 Å². The summed E-state index contributed by atoms with van der Waals surface area (Å²) in [7, 11) is 1.51. The first-order valence-corrected chi connectivity index (χ1v) is 9.60. The highest BCUT2D eigenvalue weighted by Crippen LogP contribution is 2.40. The lowest BCUT2D eigenvalue weighted by Crippen LogP contribution is -2.31. The van der Waals surface area contributed by atoms with Gasteiger partial charge in [-0.1, -0.05) is 31.2 Å². The number of furan rings is 1. The molecule has 1 aliphatic rings. The maximum atomic E-state index is 13.4. The van der Waals surface area contributed by atoms with E-state index in [1.165, 1.54) is 24.1 Å². The summed E-state index contributed by atoms with van der Waals surface area (Å²) in [6.07, 6.45) is 0.650. The number of hydrogen-bond acceptors (Lipinski definition) is 6. The summed E-state index contributed by atoms with van der Waals surface area (Å²) in [5.74, 6) is -1.21. The summed E-state index contributed by atoms with van der Waals surface area (Å²) < 4.78 is 11.0. The van der Waals surface area contributed by atoms with Gasteiger partial charge in [0.15, 0.2) is 22.9 Å². The molecule has 1 atom stereocenters. The number of hydrogen-bond donors (Lipinski definition) is 2. The van der Waals surface area contributed by atoms with Gasteiger partial charge in [-0.2, -0.15) is 0 Å². The van der Waals surface area contributed by atoms with Crippen LogP contribution in [-0.4, -0.2) is 40.5 Å². The fraction of sp³-hybridized carbons (Fsp3) is 0.217. The van der Waals surface area contributed by atoms with Crippen molar-refractivity contribution < 1.29 is 29.0 Å². The third-order valence-corrected chi connectivity index (χ3v) is 5.17. The molecule has 2 heterocycles. The molecule has 154 valence electrons. The second-order valence-corrected chi connectivity index (χ2v) is 7.07. The molecule has 4 rings (SSSR count). The fourth-order valence-electron chi connectivity index (χ4n) is 3.80. The van der Waals surface area contributed by atoms with Gasteiger partial charge in [0.05, 0.1) is 18.7 Å². The lowest BCUT2D eigenvalue weighted by atomic mass is 9.95. The zero-order valence-corrected chi connectivity index (χ0v) is 16.6. The van der Waals surface area contributed by atoms with Gasteiger partial charge in [0.25, 0.3) is 5.91 Å². The minimum Gasteiger partial charge on any atom is -0.508 e. The van der Waals surface area contributed by atoms with E-state index in [1.807, 2.05) is 6.92 Å². The second kappa shape index (κ2) is 7.59. The van der Waals surface area contributed by atoms with Crippen LogP contribution in [0.15, 0.2) is 64.3 Å². The Morgan fingerprint density at radius 2 is 1.90 bits per heavy atom. The molecular weight excluding hydrogens is 386 g/mol. The maximum absolute atomic E-state index is 13.4. The SMILES string of the molecule is CCCN1C(=O)C(O)=C(C(=O)c2cc3cccc(OC)c3o2)C1c1ccc(O)cc1. The molecular formula is C23H21NO6. The van der Waals surface area contributed by atoms with Crippen LogP contribution in [0, 0.1) is 0 Å². The minimum atomic E-state index is -0.777. The van der Waals surface area contributed by atoms with Crippen LogP contribution in [0.2, 0.25) is 0 Å². The highest BCUT2D eigenvalue weighted by atomic mass is 16.5. The number of aromatic hydroxyl groups is 1. The average molecular weight is 407 g/mol. The van der Waals surface area contributed by atoms with Gasteiger partial charge in [-0.3, -0.25) is 9.59 Å². The first-order valence-electron chi connectivity index (χ1n) is 9.60. The molecule has 0 spiro atoms. The maximum Gasteiger partial charge on any atom is 0.290 e. The number of phenolic OH excluding ortho intramolecular Hbond substituents is 1. The zero-order valence-electron chi connectivity index (χ0n) is 16.6. The van der Waals surface area contributed by atoms with Crippen molar-refractivity contribution >= 4 is 22.7 Å². The lowest BCUT2D eigenvalue weighted by Gasteiger charge is -2.26. The molecule has 0 aliphatic carbocycles. The molecule has 1 amide bonds. The summed E-state index contributed by atoms with van der Waals surface area (Å²) in [5, 5.41) is 20.9. The Kier molecular flexibility index (Phi) is 4.95. The minimum absolute atomic E-state index is 0.00553. The van der Waals surface area contributed by atoms with E-state index in [0.717, 1.165) is 0 Å². The number of carbonyl (C=O) groups is 2.